The van der Waals surface area contributed by atoms with Crippen molar-refractivity contribution in [3.63, 3.8) is 0 Å². The molecule has 5 heteroatoms. The monoisotopic (exact) mass is 293 g/mol. The molecule has 0 aromatic heterocycles. The van der Waals surface area contributed by atoms with Gasteiger partial charge in [0.05, 0.1) is 25.4 Å². The minimum absolute atomic E-state index is 0.0357. The smallest absolute Gasteiger partial charge is 0.408 e. The number of hydrogen-bond donors (Lipinski definition) is 2. The zero-order chi connectivity index (χ0) is 15.5. The summed E-state index contributed by atoms with van der Waals surface area (Å²) in [6.45, 7) is 5.70. The Bertz CT molecular complexity index is 495. The molecule has 0 radical (unpaired) electrons. The van der Waals surface area contributed by atoms with E-state index in [1.54, 1.807) is 0 Å². The average molecular weight is 293 g/mol. The molecule has 21 heavy (non-hydrogen) atoms. The quantitative estimate of drug-likeness (QED) is 0.893. The summed E-state index contributed by atoms with van der Waals surface area (Å²) in [5.74, 6) is 0. The van der Waals surface area contributed by atoms with Gasteiger partial charge in [0.1, 0.15) is 5.60 Å². The molecular weight excluding hydrogens is 270 g/mol. The van der Waals surface area contributed by atoms with Crippen molar-refractivity contribution < 1.29 is 19.4 Å². The summed E-state index contributed by atoms with van der Waals surface area (Å²) in [5, 5.41) is 11.8. The highest BCUT2D eigenvalue weighted by molar-refractivity contribution is 5.69. The predicted octanol–water partition coefficient (Wildman–Crippen LogP) is 2.19. The van der Waals surface area contributed by atoms with E-state index in [0.29, 0.717) is 0 Å². The van der Waals surface area contributed by atoms with Crippen molar-refractivity contribution in [3.8, 4) is 0 Å². The van der Waals surface area contributed by atoms with Crippen molar-refractivity contribution in [2.75, 3.05) is 13.2 Å². The lowest BCUT2D eigenvalue weighted by Crippen LogP contribution is -2.39. The lowest BCUT2D eigenvalue weighted by Gasteiger charge is -2.25. The maximum absolute atomic E-state index is 12.0. The SMILES string of the molecule is CC(C)(C)OC(=O)N[C@@H]1c2ccccc2C[C@H]1OCCO. The van der Waals surface area contributed by atoms with E-state index in [-0.39, 0.29) is 25.4 Å². The van der Waals surface area contributed by atoms with E-state index in [0.717, 1.165) is 17.5 Å². The predicted molar refractivity (Wildman–Crippen MR) is 79.1 cm³/mol. The maximum Gasteiger partial charge on any atom is 0.408 e. The van der Waals surface area contributed by atoms with Crippen LogP contribution < -0.4 is 5.32 Å². The van der Waals surface area contributed by atoms with Crippen LogP contribution in [0.25, 0.3) is 0 Å². The molecule has 0 bridgehead atoms. The second kappa shape index (κ2) is 6.45. The third-order valence-corrected chi connectivity index (χ3v) is 3.28. The summed E-state index contributed by atoms with van der Waals surface area (Å²) in [5.41, 5.74) is 1.66. The summed E-state index contributed by atoms with van der Waals surface area (Å²) in [7, 11) is 0. The fraction of sp³-hybridized carbons (Fsp3) is 0.562. The van der Waals surface area contributed by atoms with Crippen molar-refractivity contribution in [2.24, 2.45) is 0 Å². The van der Waals surface area contributed by atoms with Gasteiger partial charge >= 0.3 is 6.09 Å². The van der Waals surface area contributed by atoms with Crippen LogP contribution in [0.15, 0.2) is 24.3 Å². The first-order chi connectivity index (χ1) is 9.90. The zero-order valence-corrected chi connectivity index (χ0v) is 12.8. The molecule has 0 spiro atoms. The van der Waals surface area contributed by atoms with Crippen LogP contribution in [0.5, 0.6) is 0 Å². The molecule has 0 unspecified atom stereocenters. The molecule has 1 aliphatic rings. The highest BCUT2D eigenvalue weighted by atomic mass is 16.6. The van der Waals surface area contributed by atoms with Crippen LogP contribution in [0.2, 0.25) is 0 Å². The molecule has 116 valence electrons. The van der Waals surface area contributed by atoms with Crippen molar-refractivity contribution in [1.29, 1.82) is 0 Å². The van der Waals surface area contributed by atoms with Crippen LogP contribution in [-0.4, -0.2) is 36.1 Å². The van der Waals surface area contributed by atoms with Crippen LogP contribution in [0.1, 0.15) is 37.9 Å². The van der Waals surface area contributed by atoms with E-state index in [2.05, 4.69) is 5.32 Å². The van der Waals surface area contributed by atoms with Gasteiger partial charge < -0.3 is 19.9 Å². The molecule has 2 N–H and O–H groups in total. The number of hydrogen-bond acceptors (Lipinski definition) is 4. The van der Waals surface area contributed by atoms with Crippen LogP contribution in [0.4, 0.5) is 4.79 Å². The Morgan fingerprint density at radius 1 is 1.38 bits per heavy atom. The van der Waals surface area contributed by atoms with Gasteiger partial charge in [0.25, 0.3) is 0 Å². The van der Waals surface area contributed by atoms with Gasteiger partial charge in [-0.05, 0) is 31.9 Å². The molecule has 1 aromatic carbocycles. The minimum Gasteiger partial charge on any atom is -0.444 e. The molecule has 0 saturated carbocycles. The number of rotatable bonds is 4. The number of aliphatic hydroxyl groups is 1. The lowest BCUT2D eigenvalue weighted by atomic mass is 10.1. The van der Waals surface area contributed by atoms with Gasteiger partial charge in [-0.25, -0.2) is 4.79 Å². The molecule has 2 atom stereocenters. The van der Waals surface area contributed by atoms with Gasteiger partial charge in [0, 0.05) is 6.42 Å². The molecule has 0 heterocycles. The Balaban J connectivity index is 2.10. The highest BCUT2D eigenvalue weighted by Crippen LogP contribution is 2.33. The van der Waals surface area contributed by atoms with Gasteiger partial charge in [0.2, 0.25) is 0 Å². The highest BCUT2D eigenvalue weighted by Gasteiger charge is 2.35. The topological polar surface area (TPSA) is 67.8 Å². The van der Waals surface area contributed by atoms with Gasteiger partial charge in [-0.1, -0.05) is 24.3 Å². The lowest BCUT2D eigenvalue weighted by molar-refractivity contribution is 0.00638. The number of aliphatic hydroxyl groups excluding tert-OH is 1. The third-order valence-electron chi connectivity index (χ3n) is 3.28. The molecular formula is C16H23NO4. The van der Waals surface area contributed by atoms with Gasteiger partial charge in [-0.3, -0.25) is 0 Å². The summed E-state index contributed by atoms with van der Waals surface area (Å²) >= 11 is 0. The van der Waals surface area contributed by atoms with Crippen LogP contribution in [0.3, 0.4) is 0 Å². The number of nitrogens with one attached hydrogen (secondary N) is 1. The Kier molecular flexibility index (Phi) is 4.85. The summed E-state index contributed by atoms with van der Waals surface area (Å²) in [6, 6.07) is 7.68. The van der Waals surface area contributed by atoms with Gasteiger partial charge in [0.15, 0.2) is 0 Å². The first-order valence-corrected chi connectivity index (χ1v) is 7.20. The normalized spacial score (nSPS) is 21.0. The Morgan fingerprint density at radius 3 is 2.76 bits per heavy atom. The molecule has 0 saturated heterocycles. The fourth-order valence-corrected chi connectivity index (χ4v) is 2.52. The standard InChI is InChI=1S/C16H23NO4/c1-16(2,3)21-15(19)17-14-12-7-5-4-6-11(12)10-13(14)20-9-8-18/h4-7,13-14,18H,8-10H2,1-3H3,(H,17,19)/t13-,14-/m1/s1. The number of ether oxygens (including phenoxy) is 2. The van der Waals surface area contributed by atoms with Crippen molar-refractivity contribution in [1.82, 2.24) is 5.32 Å². The Hall–Kier alpha value is -1.59. The molecule has 1 aromatic rings. The maximum atomic E-state index is 12.0. The van der Waals surface area contributed by atoms with Crippen LogP contribution in [0, 0.1) is 0 Å². The number of carbonyl (C=O) groups excluding carboxylic acids is 1. The summed E-state index contributed by atoms with van der Waals surface area (Å²) in [4.78, 5) is 12.0. The second-order valence-electron chi connectivity index (χ2n) is 6.16. The number of alkyl carbamates (subject to hydrolysis) is 1. The Labute approximate surface area is 125 Å². The van der Waals surface area contributed by atoms with E-state index in [1.165, 1.54) is 0 Å². The second-order valence-corrected chi connectivity index (χ2v) is 6.16. The first kappa shape index (κ1) is 15.8. The molecule has 5 nitrogen and oxygen atoms in total. The van der Waals surface area contributed by atoms with Crippen molar-refractivity contribution in [2.45, 2.75) is 44.9 Å². The number of amides is 1. The molecule has 1 amide bonds. The first-order valence-electron chi connectivity index (χ1n) is 7.20. The van der Waals surface area contributed by atoms with E-state index in [4.69, 9.17) is 14.6 Å². The number of carbonyl (C=O) groups is 1. The Morgan fingerprint density at radius 2 is 2.10 bits per heavy atom. The average Bonchev–Trinajstić information content (AvgIpc) is 2.72. The summed E-state index contributed by atoms with van der Waals surface area (Å²) < 4.78 is 11.0. The largest absolute Gasteiger partial charge is 0.444 e. The summed E-state index contributed by atoms with van der Waals surface area (Å²) in [6.07, 6.45) is 0.0836. The van der Waals surface area contributed by atoms with E-state index >= 15 is 0 Å². The van der Waals surface area contributed by atoms with Crippen LogP contribution >= 0.6 is 0 Å². The van der Waals surface area contributed by atoms with Crippen molar-refractivity contribution in [3.05, 3.63) is 35.4 Å². The van der Waals surface area contributed by atoms with Crippen molar-refractivity contribution >= 4 is 6.09 Å². The molecule has 2 rings (SSSR count). The van der Waals surface area contributed by atoms with Gasteiger partial charge in [-0.15, -0.1) is 0 Å². The fourth-order valence-electron chi connectivity index (χ4n) is 2.52. The van der Waals surface area contributed by atoms with E-state index in [9.17, 15) is 4.79 Å². The van der Waals surface area contributed by atoms with E-state index in [1.807, 2.05) is 45.0 Å². The molecule has 1 aliphatic carbocycles. The van der Waals surface area contributed by atoms with E-state index < -0.39 is 11.7 Å². The number of benzene rings is 1. The van der Waals surface area contributed by atoms with Crippen LogP contribution in [-0.2, 0) is 15.9 Å². The third kappa shape index (κ3) is 4.19. The number of fused-ring (bicyclic) bond motifs is 1. The minimum atomic E-state index is -0.538. The van der Waals surface area contributed by atoms with Gasteiger partial charge in [-0.2, -0.15) is 0 Å². The molecule has 0 aliphatic heterocycles. The molecule has 0 fully saturated rings. The zero-order valence-electron chi connectivity index (χ0n) is 12.8.